The first-order chi connectivity index (χ1) is 6.59. The maximum atomic E-state index is 5.81. The van der Waals surface area contributed by atoms with E-state index in [0.29, 0.717) is 0 Å². The minimum atomic E-state index is 0.784. The summed E-state index contributed by atoms with van der Waals surface area (Å²) in [6, 6.07) is 5.82. The van der Waals surface area contributed by atoms with Crippen molar-refractivity contribution in [1.82, 2.24) is 4.90 Å². The van der Waals surface area contributed by atoms with E-state index in [4.69, 9.17) is 5.73 Å². The van der Waals surface area contributed by atoms with Crippen molar-refractivity contribution in [1.29, 1.82) is 0 Å². The first-order valence-electron chi connectivity index (χ1n) is 4.53. The van der Waals surface area contributed by atoms with Crippen LogP contribution in [-0.2, 0) is 0 Å². The summed E-state index contributed by atoms with van der Waals surface area (Å²) in [6.07, 6.45) is 0. The lowest BCUT2D eigenvalue weighted by Crippen LogP contribution is -2.21. The van der Waals surface area contributed by atoms with Crippen molar-refractivity contribution in [3.8, 4) is 0 Å². The van der Waals surface area contributed by atoms with Gasteiger partial charge in [-0.3, -0.25) is 0 Å². The van der Waals surface area contributed by atoms with Crippen LogP contribution in [0.3, 0.4) is 0 Å². The number of anilines is 2. The SMILES string of the molecule is CN(C)CCNc1cc(Br)ccc1N. The number of halogens is 1. The predicted molar refractivity (Wildman–Crippen MR) is 65.6 cm³/mol. The molecule has 0 fully saturated rings. The first kappa shape index (κ1) is 11.3. The van der Waals surface area contributed by atoms with Gasteiger partial charge in [0.05, 0.1) is 11.4 Å². The second-order valence-corrected chi connectivity index (χ2v) is 4.38. The monoisotopic (exact) mass is 257 g/mol. The Morgan fingerprint density at radius 2 is 2.14 bits per heavy atom. The van der Waals surface area contributed by atoms with Crippen LogP contribution in [0.15, 0.2) is 22.7 Å². The van der Waals surface area contributed by atoms with E-state index in [2.05, 4.69) is 26.1 Å². The maximum absolute atomic E-state index is 5.81. The van der Waals surface area contributed by atoms with E-state index in [1.54, 1.807) is 0 Å². The van der Waals surface area contributed by atoms with Crippen LogP contribution in [-0.4, -0.2) is 32.1 Å². The molecule has 0 heterocycles. The normalized spacial score (nSPS) is 10.6. The summed E-state index contributed by atoms with van der Waals surface area (Å²) in [6.45, 7) is 1.89. The number of rotatable bonds is 4. The highest BCUT2D eigenvalue weighted by Crippen LogP contribution is 2.22. The van der Waals surface area contributed by atoms with Gasteiger partial charge in [0.15, 0.2) is 0 Å². The maximum Gasteiger partial charge on any atom is 0.0585 e. The van der Waals surface area contributed by atoms with Gasteiger partial charge >= 0.3 is 0 Å². The van der Waals surface area contributed by atoms with Gasteiger partial charge in [0.25, 0.3) is 0 Å². The van der Waals surface area contributed by atoms with Crippen LogP contribution in [0.4, 0.5) is 11.4 Å². The van der Waals surface area contributed by atoms with Gasteiger partial charge < -0.3 is 16.0 Å². The highest BCUT2D eigenvalue weighted by molar-refractivity contribution is 9.10. The number of nitrogens with zero attached hydrogens (tertiary/aromatic N) is 1. The topological polar surface area (TPSA) is 41.3 Å². The van der Waals surface area contributed by atoms with Gasteiger partial charge in [-0.25, -0.2) is 0 Å². The largest absolute Gasteiger partial charge is 0.397 e. The average Bonchev–Trinajstić information content (AvgIpc) is 2.10. The second kappa shape index (κ2) is 5.22. The van der Waals surface area contributed by atoms with Gasteiger partial charge in [-0.05, 0) is 32.3 Å². The third-order valence-electron chi connectivity index (χ3n) is 1.89. The summed E-state index contributed by atoms with van der Waals surface area (Å²) in [5.41, 5.74) is 7.58. The molecule has 1 aromatic rings. The van der Waals surface area contributed by atoms with Crippen LogP contribution < -0.4 is 11.1 Å². The molecular formula is C10H16BrN3. The minimum absolute atomic E-state index is 0.784. The van der Waals surface area contributed by atoms with Crippen molar-refractivity contribution in [3.05, 3.63) is 22.7 Å². The fourth-order valence-electron chi connectivity index (χ4n) is 1.10. The van der Waals surface area contributed by atoms with Crippen LogP contribution in [0.25, 0.3) is 0 Å². The number of nitrogen functional groups attached to an aromatic ring is 1. The fraction of sp³-hybridized carbons (Fsp3) is 0.400. The lowest BCUT2D eigenvalue weighted by molar-refractivity contribution is 0.425. The van der Waals surface area contributed by atoms with E-state index in [0.717, 1.165) is 28.9 Å². The van der Waals surface area contributed by atoms with Crippen LogP contribution in [0.1, 0.15) is 0 Å². The first-order valence-corrected chi connectivity index (χ1v) is 5.32. The molecule has 0 spiro atoms. The molecule has 0 amide bonds. The highest BCUT2D eigenvalue weighted by atomic mass is 79.9. The van der Waals surface area contributed by atoms with Crippen LogP contribution >= 0.6 is 15.9 Å². The molecule has 0 aliphatic rings. The van der Waals surface area contributed by atoms with Crippen molar-refractivity contribution >= 4 is 27.3 Å². The van der Waals surface area contributed by atoms with E-state index < -0.39 is 0 Å². The van der Waals surface area contributed by atoms with Crippen molar-refractivity contribution < 1.29 is 0 Å². The van der Waals surface area contributed by atoms with Gasteiger partial charge in [0, 0.05) is 17.6 Å². The molecule has 0 unspecified atom stereocenters. The number of hydrogen-bond acceptors (Lipinski definition) is 3. The Kier molecular flexibility index (Phi) is 4.22. The van der Waals surface area contributed by atoms with Crippen molar-refractivity contribution in [2.75, 3.05) is 38.2 Å². The zero-order valence-electron chi connectivity index (χ0n) is 8.55. The zero-order valence-corrected chi connectivity index (χ0v) is 10.1. The number of nitrogens with one attached hydrogen (secondary N) is 1. The average molecular weight is 258 g/mol. The van der Waals surface area contributed by atoms with Gasteiger partial charge in [-0.2, -0.15) is 0 Å². The molecular weight excluding hydrogens is 242 g/mol. The Bertz CT molecular complexity index is 299. The molecule has 3 N–H and O–H groups in total. The molecule has 4 heteroatoms. The van der Waals surface area contributed by atoms with Crippen molar-refractivity contribution in [2.45, 2.75) is 0 Å². The lowest BCUT2D eigenvalue weighted by Gasteiger charge is -2.13. The Morgan fingerprint density at radius 3 is 2.79 bits per heavy atom. The van der Waals surface area contributed by atoms with Crippen LogP contribution in [0.5, 0.6) is 0 Å². The highest BCUT2D eigenvalue weighted by Gasteiger charge is 1.98. The summed E-state index contributed by atoms with van der Waals surface area (Å²) in [5, 5.41) is 3.29. The van der Waals surface area contributed by atoms with Crippen LogP contribution in [0.2, 0.25) is 0 Å². The smallest absolute Gasteiger partial charge is 0.0585 e. The molecule has 0 atom stereocenters. The quantitative estimate of drug-likeness (QED) is 0.812. The molecule has 14 heavy (non-hydrogen) atoms. The molecule has 0 saturated heterocycles. The molecule has 0 radical (unpaired) electrons. The summed E-state index contributed by atoms with van der Waals surface area (Å²) in [5.74, 6) is 0. The molecule has 78 valence electrons. The van der Waals surface area contributed by atoms with Crippen molar-refractivity contribution in [3.63, 3.8) is 0 Å². The zero-order chi connectivity index (χ0) is 10.6. The van der Waals surface area contributed by atoms with Gasteiger partial charge in [0.2, 0.25) is 0 Å². The summed E-state index contributed by atoms with van der Waals surface area (Å²) < 4.78 is 1.04. The standard InChI is InChI=1S/C10H16BrN3/c1-14(2)6-5-13-10-7-8(11)3-4-9(10)12/h3-4,7,13H,5-6,12H2,1-2H3. The molecule has 1 rings (SSSR count). The van der Waals surface area contributed by atoms with E-state index in [1.165, 1.54) is 0 Å². The van der Waals surface area contributed by atoms with Crippen molar-refractivity contribution in [2.24, 2.45) is 0 Å². The number of hydrogen-bond donors (Lipinski definition) is 2. The van der Waals surface area contributed by atoms with Gasteiger partial charge in [0.1, 0.15) is 0 Å². The molecule has 0 bridgehead atoms. The summed E-state index contributed by atoms with van der Waals surface area (Å²) in [7, 11) is 4.10. The van der Waals surface area contributed by atoms with E-state index >= 15 is 0 Å². The fourth-order valence-corrected chi connectivity index (χ4v) is 1.46. The molecule has 0 aliphatic heterocycles. The van der Waals surface area contributed by atoms with E-state index in [9.17, 15) is 0 Å². The minimum Gasteiger partial charge on any atom is -0.397 e. The molecule has 1 aromatic carbocycles. The third kappa shape index (κ3) is 3.55. The summed E-state index contributed by atoms with van der Waals surface area (Å²) in [4.78, 5) is 2.13. The molecule has 0 aliphatic carbocycles. The number of benzene rings is 1. The van der Waals surface area contributed by atoms with Gasteiger partial charge in [-0.1, -0.05) is 15.9 Å². The second-order valence-electron chi connectivity index (χ2n) is 3.46. The molecule has 0 aromatic heterocycles. The summed E-state index contributed by atoms with van der Waals surface area (Å²) >= 11 is 3.41. The molecule has 0 saturated carbocycles. The Balaban J connectivity index is 2.53. The number of likely N-dealkylation sites (N-methyl/N-ethyl adjacent to an activating group) is 1. The van der Waals surface area contributed by atoms with E-state index in [-0.39, 0.29) is 0 Å². The predicted octanol–water partition coefficient (Wildman–Crippen LogP) is 2.00. The Morgan fingerprint density at radius 1 is 1.43 bits per heavy atom. The Labute approximate surface area is 93.4 Å². The number of nitrogens with two attached hydrogens (primary N) is 1. The van der Waals surface area contributed by atoms with Crippen LogP contribution in [0, 0.1) is 0 Å². The van der Waals surface area contributed by atoms with E-state index in [1.807, 2.05) is 32.3 Å². The van der Waals surface area contributed by atoms with Gasteiger partial charge in [-0.15, -0.1) is 0 Å². The lowest BCUT2D eigenvalue weighted by atomic mass is 10.2. The Hall–Kier alpha value is -0.740. The third-order valence-corrected chi connectivity index (χ3v) is 2.38. The molecule has 3 nitrogen and oxygen atoms in total.